The number of rotatable bonds is 2. The zero-order valence-electron chi connectivity index (χ0n) is 11.5. The molecule has 3 rings (SSSR count). The molecule has 1 atom stereocenters. The van der Waals surface area contributed by atoms with E-state index in [0.29, 0.717) is 5.92 Å². The van der Waals surface area contributed by atoms with Gasteiger partial charge in [-0.15, -0.1) is 10.2 Å². The second-order valence-corrected chi connectivity index (χ2v) is 5.42. The molecule has 0 spiro atoms. The highest BCUT2D eigenvalue weighted by atomic mass is 15.3. The van der Waals surface area contributed by atoms with E-state index in [9.17, 15) is 0 Å². The number of aromatic nitrogens is 3. The third-order valence-corrected chi connectivity index (χ3v) is 4.07. The average Bonchev–Trinajstić information content (AvgIpc) is 2.81. The van der Waals surface area contributed by atoms with Crippen molar-refractivity contribution in [1.29, 1.82) is 0 Å². The van der Waals surface area contributed by atoms with Gasteiger partial charge >= 0.3 is 0 Å². The predicted octanol–water partition coefficient (Wildman–Crippen LogP) is 3.55. The standard InChI is InChI=1S/C16H21N3/c1-13(14-9-5-4-6-10-14)16-18-17-15-11-7-2-3-8-12-19(15)16/h4-6,9-10,13H,2-3,7-8,11-12H2,1H3. The second kappa shape index (κ2) is 5.55. The second-order valence-electron chi connectivity index (χ2n) is 5.42. The van der Waals surface area contributed by atoms with Gasteiger partial charge in [0.05, 0.1) is 0 Å². The van der Waals surface area contributed by atoms with Crippen molar-refractivity contribution in [3.05, 3.63) is 47.5 Å². The molecule has 1 aliphatic rings. The first kappa shape index (κ1) is 12.4. The Morgan fingerprint density at radius 3 is 2.63 bits per heavy atom. The molecule has 100 valence electrons. The first-order valence-electron chi connectivity index (χ1n) is 7.33. The molecule has 19 heavy (non-hydrogen) atoms. The Hall–Kier alpha value is -1.64. The Kier molecular flexibility index (Phi) is 3.62. The number of benzene rings is 1. The van der Waals surface area contributed by atoms with Crippen LogP contribution in [-0.4, -0.2) is 14.8 Å². The summed E-state index contributed by atoms with van der Waals surface area (Å²) in [4.78, 5) is 0. The van der Waals surface area contributed by atoms with Gasteiger partial charge in [0.15, 0.2) is 0 Å². The van der Waals surface area contributed by atoms with Gasteiger partial charge in [-0.2, -0.15) is 0 Å². The molecule has 3 heteroatoms. The van der Waals surface area contributed by atoms with Crippen molar-refractivity contribution in [2.24, 2.45) is 0 Å². The maximum Gasteiger partial charge on any atom is 0.140 e. The van der Waals surface area contributed by atoms with Crippen molar-refractivity contribution in [3.8, 4) is 0 Å². The lowest BCUT2D eigenvalue weighted by molar-refractivity contribution is 0.500. The summed E-state index contributed by atoms with van der Waals surface area (Å²) in [7, 11) is 0. The fraction of sp³-hybridized carbons (Fsp3) is 0.500. The quantitative estimate of drug-likeness (QED) is 0.821. The zero-order chi connectivity index (χ0) is 13.1. The highest BCUT2D eigenvalue weighted by Gasteiger charge is 2.19. The van der Waals surface area contributed by atoms with Crippen LogP contribution in [0.15, 0.2) is 30.3 Å². The zero-order valence-corrected chi connectivity index (χ0v) is 11.5. The minimum atomic E-state index is 0.321. The molecule has 0 saturated carbocycles. The first-order chi connectivity index (χ1) is 9.36. The van der Waals surface area contributed by atoms with E-state index in [-0.39, 0.29) is 0 Å². The summed E-state index contributed by atoms with van der Waals surface area (Å²) in [5, 5.41) is 8.89. The fourth-order valence-corrected chi connectivity index (χ4v) is 2.90. The molecule has 3 nitrogen and oxygen atoms in total. The van der Waals surface area contributed by atoms with Crippen molar-refractivity contribution in [1.82, 2.24) is 14.8 Å². The van der Waals surface area contributed by atoms with Crippen LogP contribution in [0.4, 0.5) is 0 Å². The van der Waals surface area contributed by atoms with Crippen LogP contribution in [0.5, 0.6) is 0 Å². The molecule has 1 aromatic heterocycles. The molecule has 0 bridgehead atoms. The summed E-state index contributed by atoms with van der Waals surface area (Å²) >= 11 is 0. The van der Waals surface area contributed by atoms with Crippen LogP contribution in [-0.2, 0) is 13.0 Å². The Balaban J connectivity index is 1.92. The molecule has 2 heterocycles. The topological polar surface area (TPSA) is 30.7 Å². The molecular formula is C16H21N3. The summed E-state index contributed by atoms with van der Waals surface area (Å²) < 4.78 is 2.36. The van der Waals surface area contributed by atoms with Gasteiger partial charge in [0.25, 0.3) is 0 Å². The molecule has 0 amide bonds. The van der Waals surface area contributed by atoms with E-state index in [0.717, 1.165) is 18.8 Å². The third kappa shape index (κ3) is 2.55. The molecule has 0 N–H and O–H groups in total. The van der Waals surface area contributed by atoms with Gasteiger partial charge in [-0.25, -0.2) is 0 Å². The van der Waals surface area contributed by atoms with Crippen molar-refractivity contribution < 1.29 is 0 Å². The highest BCUT2D eigenvalue weighted by molar-refractivity contribution is 5.25. The van der Waals surface area contributed by atoms with Gasteiger partial charge in [-0.05, 0) is 18.4 Å². The Morgan fingerprint density at radius 1 is 1.00 bits per heavy atom. The average molecular weight is 255 g/mol. The first-order valence-corrected chi connectivity index (χ1v) is 7.33. The number of nitrogens with zero attached hydrogens (tertiary/aromatic N) is 3. The predicted molar refractivity (Wildman–Crippen MR) is 76.2 cm³/mol. The molecule has 2 aromatic rings. The van der Waals surface area contributed by atoms with E-state index in [1.807, 2.05) is 0 Å². The van der Waals surface area contributed by atoms with Gasteiger partial charge in [0, 0.05) is 18.9 Å². The summed E-state index contributed by atoms with van der Waals surface area (Å²) in [5.41, 5.74) is 1.32. The smallest absolute Gasteiger partial charge is 0.140 e. The normalized spacial score (nSPS) is 17.3. The van der Waals surface area contributed by atoms with Crippen LogP contribution in [0.1, 0.15) is 55.7 Å². The van der Waals surface area contributed by atoms with Crippen LogP contribution in [0.2, 0.25) is 0 Å². The third-order valence-electron chi connectivity index (χ3n) is 4.07. The maximum atomic E-state index is 4.47. The van der Waals surface area contributed by atoms with Gasteiger partial charge in [0.1, 0.15) is 11.6 Å². The van der Waals surface area contributed by atoms with Crippen LogP contribution in [0.25, 0.3) is 0 Å². The Morgan fingerprint density at radius 2 is 1.79 bits per heavy atom. The monoisotopic (exact) mass is 255 g/mol. The van der Waals surface area contributed by atoms with Crippen LogP contribution >= 0.6 is 0 Å². The van der Waals surface area contributed by atoms with Crippen molar-refractivity contribution >= 4 is 0 Å². The Bertz CT molecular complexity index is 530. The van der Waals surface area contributed by atoms with E-state index < -0.39 is 0 Å². The molecule has 0 radical (unpaired) electrons. The van der Waals surface area contributed by atoms with Crippen LogP contribution in [0.3, 0.4) is 0 Å². The summed E-state index contributed by atoms with van der Waals surface area (Å²) in [6.45, 7) is 3.31. The fourth-order valence-electron chi connectivity index (χ4n) is 2.90. The van der Waals surface area contributed by atoms with Crippen molar-refractivity contribution in [2.45, 2.75) is 51.5 Å². The number of fused-ring (bicyclic) bond motifs is 1. The minimum Gasteiger partial charge on any atom is -0.314 e. The van der Waals surface area contributed by atoms with Crippen molar-refractivity contribution in [2.75, 3.05) is 0 Å². The van der Waals surface area contributed by atoms with E-state index in [1.54, 1.807) is 0 Å². The maximum absolute atomic E-state index is 4.47. The molecule has 1 aromatic carbocycles. The lowest BCUT2D eigenvalue weighted by Crippen LogP contribution is -2.13. The molecule has 0 aliphatic carbocycles. The summed E-state index contributed by atoms with van der Waals surface area (Å²) in [6, 6.07) is 10.6. The van der Waals surface area contributed by atoms with Crippen LogP contribution in [0, 0.1) is 0 Å². The molecule has 1 aliphatic heterocycles. The molecular weight excluding hydrogens is 234 g/mol. The van der Waals surface area contributed by atoms with E-state index >= 15 is 0 Å². The number of hydrogen-bond acceptors (Lipinski definition) is 2. The molecule has 0 fully saturated rings. The van der Waals surface area contributed by atoms with E-state index in [1.165, 1.54) is 37.1 Å². The minimum absolute atomic E-state index is 0.321. The molecule has 0 saturated heterocycles. The number of aryl methyl sites for hydroxylation is 1. The lowest BCUT2D eigenvalue weighted by Gasteiger charge is -2.17. The summed E-state index contributed by atoms with van der Waals surface area (Å²) in [5.74, 6) is 2.63. The molecule has 1 unspecified atom stereocenters. The van der Waals surface area contributed by atoms with E-state index in [4.69, 9.17) is 0 Å². The van der Waals surface area contributed by atoms with Gasteiger partial charge in [-0.1, -0.05) is 50.1 Å². The van der Waals surface area contributed by atoms with Gasteiger partial charge in [-0.3, -0.25) is 0 Å². The SMILES string of the molecule is CC(c1ccccc1)c1nnc2n1CCCCCC2. The number of hydrogen-bond donors (Lipinski definition) is 0. The highest BCUT2D eigenvalue weighted by Crippen LogP contribution is 2.25. The van der Waals surface area contributed by atoms with Crippen molar-refractivity contribution in [3.63, 3.8) is 0 Å². The largest absolute Gasteiger partial charge is 0.314 e. The van der Waals surface area contributed by atoms with Gasteiger partial charge < -0.3 is 4.57 Å². The lowest BCUT2D eigenvalue weighted by atomic mass is 10.00. The Labute approximate surface area is 114 Å². The van der Waals surface area contributed by atoms with Crippen LogP contribution < -0.4 is 0 Å². The summed E-state index contributed by atoms with van der Waals surface area (Å²) in [6.07, 6.45) is 6.24. The van der Waals surface area contributed by atoms with Gasteiger partial charge in [0.2, 0.25) is 0 Å². The van der Waals surface area contributed by atoms with E-state index in [2.05, 4.69) is 52.0 Å².